The predicted molar refractivity (Wildman–Crippen MR) is 71.7 cm³/mol. The SMILES string of the molecule is NC1(Cc2ccc(F)c(F)c2)CCCC(C2CC2)C1. The van der Waals surface area contributed by atoms with E-state index in [-0.39, 0.29) is 5.54 Å². The average Bonchev–Trinajstić information content (AvgIpc) is 3.18. The van der Waals surface area contributed by atoms with Gasteiger partial charge < -0.3 is 5.73 Å². The molecular weight excluding hydrogens is 244 g/mol. The van der Waals surface area contributed by atoms with Crippen molar-refractivity contribution in [3.63, 3.8) is 0 Å². The second kappa shape index (κ2) is 4.86. The summed E-state index contributed by atoms with van der Waals surface area (Å²) in [4.78, 5) is 0. The molecule has 0 bridgehead atoms. The van der Waals surface area contributed by atoms with Gasteiger partial charge in [-0.1, -0.05) is 18.9 Å². The lowest BCUT2D eigenvalue weighted by atomic mass is 9.72. The van der Waals surface area contributed by atoms with Crippen molar-refractivity contribution in [2.24, 2.45) is 17.6 Å². The van der Waals surface area contributed by atoms with E-state index in [9.17, 15) is 8.78 Å². The zero-order chi connectivity index (χ0) is 13.5. The predicted octanol–water partition coefficient (Wildman–Crippen LogP) is 3.81. The molecule has 2 N–H and O–H groups in total. The maximum atomic E-state index is 13.3. The minimum absolute atomic E-state index is 0.226. The fraction of sp³-hybridized carbons (Fsp3) is 0.625. The van der Waals surface area contributed by atoms with Crippen LogP contribution in [0.15, 0.2) is 18.2 Å². The van der Waals surface area contributed by atoms with E-state index in [0.717, 1.165) is 30.2 Å². The highest BCUT2D eigenvalue weighted by molar-refractivity contribution is 5.20. The first-order valence-electron chi connectivity index (χ1n) is 7.29. The molecule has 0 amide bonds. The molecule has 0 spiro atoms. The average molecular weight is 265 g/mol. The normalized spacial score (nSPS) is 31.4. The van der Waals surface area contributed by atoms with Crippen molar-refractivity contribution in [3.8, 4) is 0 Å². The maximum absolute atomic E-state index is 13.3. The summed E-state index contributed by atoms with van der Waals surface area (Å²) in [6.07, 6.45) is 7.86. The second-order valence-corrected chi connectivity index (χ2v) is 6.48. The lowest BCUT2D eigenvalue weighted by Gasteiger charge is -2.38. The molecule has 2 unspecified atom stereocenters. The number of benzene rings is 1. The zero-order valence-corrected chi connectivity index (χ0v) is 11.2. The Balaban J connectivity index is 1.71. The molecule has 2 saturated carbocycles. The van der Waals surface area contributed by atoms with E-state index in [0.29, 0.717) is 6.42 Å². The van der Waals surface area contributed by atoms with Crippen LogP contribution in [0.5, 0.6) is 0 Å². The molecular formula is C16H21F2N. The number of rotatable bonds is 3. The summed E-state index contributed by atoms with van der Waals surface area (Å²) in [5.74, 6) is 0.0854. The Kier molecular flexibility index (Phi) is 3.34. The lowest BCUT2D eigenvalue weighted by molar-refractivity contribution is 0.204. The molecule has 2 fully saturated rings. The van der Waals surface area contributed by atoms with Crippen molar-refractivity contribution in [1.82, 2.24) is 0 Å². The molecule has 104 valence electrons. The topological polar surface area (TPSA) is 26.0 Å². The molecule has 19 heavy (non-hydrogen) atoms. The van der Waals surface area contributed by atoms with Crippen molar-refractivity contribution < 1.29 is 8.78 Å². The maximum Gasteiger partial charge on any atom is 0.159 e. The van der Waals surface area contributed by atoms with E-state index in [1.54, 1.807) is 6.07 Å². The van der Waals surface area contributed by atoms with Crippen LogP contribution in [0.25, 0.3) is 0 Å². The Bertz CT molecular complexity index is 470. The summed E-state index contributed by atoms with van der Waals surface area (Å²) in [5.41, 5.74) is 7.11. The highest BCUT2D eigenvalue weighted by atomic mass is 19.2. The Hall–Kier alpha value is -0.960. The van der Waals surface area contributed by atoms with E-state index >= 15 is 0 Å². The summed E-state index contributed by atoms with van der Waals surface area (Å²) >= 11 is 0. The molecule has 0 radical (unpaired) electrons. The summed E-state index contributed by atoms with van der Waals surface area (Å²) in [7, 11) is 0. The van der Waals surface area contributed by atoms with Gasteiger partial charge in [0.2, 0.25) is 0 Å². The Morgan fingerprint density at radius 1 is 1.11 bits per heavy atom. The Morgan fingerprint density at radius 3 is 2.58 bits per heavy atom. The molecule has 0 heterocycles. The van der Waals surface area contributed by atoms with Gasteiger partial charge in [-0.25, -0.2) is 8.78 Å². The summed E-state index contributed by atoms with van der Waals surface area (Å²) in [6.45, 7) is 0. The van der Waals surface area contributed by atoms with Crippen molar-refractivity contribution in [3.05, 3.63) is 35.4 Å². The van der Waals surface area contributed by atoms with Gasteiger partial charge in [-0.3, -0.25) is 0 Å². The summed E-state index contributed by atoms with van der Waals surface area (Å²) in [5, 5.41) is 0. The van der Waals surface area contributed by atoms with E-state index in [1.807, 2.05) is 0 Å². The third kappa shape index (κ3) is 2.97. The minimum Gasteiger partial charge on any atom is -0.325 e. The second-order valence-electron chi connectivity index (χ2n) is 6.48. The van der Waals surface area contributed by atoms with Gasteiger partial charge in [0.05, 0.1) is 0 Å². The van der Waals surface area contributed by atoms with Gasteiger partial charge in [0.1, 0.15) is 0 Å². The van der Waals surface area contributed by atoms with Gasteiger partial charge in [-0.15, -0.1) is 0 Å². The van der Waals surface area contributed by atoms with E-state index in [1.165, 1.54) is 37.8 Å². The summed E-state index contributed by atoms with van der Waals surface area (Å²) in [6, 6.07) is 4.16. The minimum atomic E-state index is -0.783. The van der Waals surface area contributed by atoms with Gasteiger partial charge >= 0.3 is 0 Å². The van der Waals surface area contributed by atoms with Crippen molar-refractivity contribution in [1.29, 1.82) is 0 Å². The molecule has 2 atom stereocenters. The lowest BCUT2D eigenvalue weighted by Crippen LogP contribution is -2.46. The monoisotopic (exact) mass is 265 g/mol. The fourth-order valence-electron chi connectivity index (χ4n) is 3.63. The van der Waals surface area contributed by atoms with Gasteiger partial charge in [0, 0.05) is 5.54 Å². The molecule has 0 saturated heterocycles. The number of hydrogen-bond donors (Lipinski definition) is 1. The van der Waals surface area contributed by atoms with Crippen LogP contribution in [0.2, 0.25) is 0 Å². The van der Waals surface area contributed by atoms with Crippen molar-refractivity contribution >= 4 is 0 Å². The van der Waals surface area contributed by atoms with Crippen LogP contribution in [0, 0.1) is 23.5 Å². The molecule has 0 aliphatic heterocycles. The molecule has 3 rings (SSSR count). The smallest absolute Gasteiger partial charge is 0.159 e. The molecule has 1 nitrogen and oxygen atoms in total. The van der Waals surface area contributed by atoms with Gasteiger partial charge in [0.25, 0.3) is 0 Å². The van der Waals surface area contributed by atoms with Gasteiger partial charge in [-0.2, -0.15) is 0 Å². The molecule has 1 aromatic carbocycles. The van der Waals surface area contributed by atoms with E-state index in [4.69, 9.17) is 5.73 Å². The molecule has 3 heteroatoms. The quantitative estimate of drug-likeness (QED) is 0.883. The highest BCUT2D eigenvalue weighted by Crippen LogP contribution is 2.46. The van der Waals surface area contributed by atoms with Crippen LogP contribution in [0.4, 0.5) is 8.78 Å². The molecule has 0 aromatic heterocycles. The van der Waals surface area contributed by atoms with Crippen molar-refractivity contribution in [2.75, 3.05) is 0 Å². The van der Waals surface area contributed by atoms with Crippen LogP contribution < -0.4 is 5.73 Å². The van der Waals surface area contributed by atoms with Crippen molar-refractivity contribution in [2.45, 2.75) is 50.5 Å². The third-order valence-electron chi connectivity index (χ3n) is 4.75. The fourth-order valence-corrected chi connectivity index (χ4v) is 3.63. The summed E-state index contributed by atoms with van der Waals surface area (Å²) < 4.78 is 26.2. The van der Waals surface area contributed by atoms with Gasteiger partial charge in [0.15, 0.2) is 11.6 Å². The number of halogens is 2. The van der Waals surface area contributed by atoms with Crippen LogP contribution in [-0.2, 0) is 6.42 Å². The molecule has 1 aromatic rings. The van der Waals surface area contributed by atoms with Crippen LogP contribution in [0.1, 0.15) is 44.1 Å². The highest BCUT2D eigenvalue weighted by Gasteiger charge is 2.39. The number of hydrogen-bond acceptors (Lipinski definition) is 1. The first kappa shape index (κ1) is 13.0. The molecule has 2 aliphatic carbocycles. The van der Waals surface area contributed by atoms with E-state index < -0.39 is 11.6 Å². The zero-order valence-electron chi connectivity index (χ0n) is 11.2. The van der Waals surface area contributed by atoms with Crippen LogP contribution >= 0.6 is 0 Å². The van der Waals surface area contributed by atoms with Crippen LogP contribution in [-0.4, -0.2) is 5.54 Å². The Morgan fingerprint density at radius 2 is 1.89 bits per heavy atom. The van der Waals surface area contributed by atoms with E-state index in [2.05, 4.69) is 0 Å². The standard InChI is InChI=1S/C16H21F2N/c17-14-6-3-11(8-15(14)18)9-16(19)7-1-2-13(10-16)12-4-5-12/h3,6,8,12-13H,1-2,4-5,7,9-10,19H2. The third-order valence-corrected chi connectivity index (χ3v) is 4.75. The number of nitrogens with two attached hydrogens (primary N) is 1. The first-order chi connectivity index (χ1) is 9.06. The largest absolute Gasteiger partial charge is 0.325 e. The van der Waals surface area contributed by atoms with Gasteiger partial charge in [-0.05, 0) is 61.6 Å². The van der Waals surface area contributed by atoms with Crippen LogP contribution in [0.3, 0.4) is 0 Å². The molecule has 2 aliphatic rings. The Labute approximate surface area is 113 Å². The first-order valence-corrected chi connectivity index (χ1v) is 7.29.